The molecular formula is C18H40O4. The van der Waals surface area contributed by atoms with Crippen molar-refractivity contribution in [2.75, 3.05) is 39.6 Å². The molecule has 0 aliphatic carbocycles. The van der Waals surface area contributed by atoms with E-state index in [1.54, 1.807) is 0 Å². The van der Waals surface area contributed by atoms with Crippen LogP contribution < -0.4 is 0 Å². The molecule has 0 aromatic carbocycles. The van der Waals surface area contributed by atoms with E-state index in [0.717, 1.165) is 13.2 Å². The van der Waals surface area contributed by atoms with E-state index in [9.17, 15) is 0 Å². The smallest absolute Gasteiger partial charge is 0.0698 e. The maximum Gasteiger partial charge on any atom is 0.0698 e. The van der Waals surface area contributed by atoms with Gasteiger partial charge in [0, 0.05) is 13.2 Å². The lowest BCUT2D eigenvalue weighted by molar-refractivity contribution is 0.0650. The maximum atomic E-state index is 8.09. The largest absolute Gasteiger partial charge is 0.394 e. The SMILES string of the molecule is CCCCCCCCOCCCCCC.OCCOCCO. The molecule has 0 aliphatic heterocycles. The highest BCUT2D eigenvalue weighted by molar-refractivity contribution is 4.44. The Morgan fingerprint density at radius 3 is 1.32 bits per heavy atom. The summed E-state index contributed by atoms with van der Waals surface area (Å²) in [5.41, 5.74) is 0. The summed E-state index contributed by atoms with van der Waals surface area (Å²) in [5.74, 6) is 0. The second-order valence-corrected chi connectivity index (χ2v) is 5.50. The average molecular weight is 321 g/mol. The van der Waals surface area contributed by atoms with Crippen LogP contribution in [0.5, 0.6) is 0 Å². The Morgan fingerprint density at radius 2 is 0.864 bits per heavy atom. The molecule has 0 aliphatic rings. The van der Waals surface area contributed by atoms with Gasteiger partial charge in [-0.15, -0.1) is 0 Å². The molecule has 0 aromatic rings. The van der Waals surface area contributed by atoms with Crippen molar-refractivity contribution >= 4 is 0 Å². The highest BCUT2D eigenvalue weighted by Crippen LogP contribution is 2.05. The fraction of sp³-hybridized carbons (Fsp3) is 1.00. The molecule has 22 heavy (non-hydrogen) atoms. The monoisotopic (exact) mass is 320 g/mol. The van der Waals surface area contributed by atoms with Crippen molar-refractivity contribution in [1.82, 2.24) is 0 Å². The molecule has 0 amide bonds. The van der Waals surface area contributed by atoms with Crippen LogP contribution in [0.4, 0.5) is 0 Å². The molecule has 0 rings (SSSR count). The number of aliphatic hydroxyl groups excluding tert-OH is 2. The van der Waals surface area contributed by atoms with E-state index in [2.05, 4.69) is 18.6 Å². The first-order valence-corrected chi connectivity index (χ1v) is 9.20. The van der Waals surface area contributed by atoms with Gasteiger partial charge in [-0.25, -0.2) is 0 Å². The lowest BCUT2D eigenvalue weighted by atomic mass is 10.1. The standard InChI is InChI=1S/C14H30O.C4H10O3/c1-3-5-7-9-10-12-14-15-13-11-8-6-4-2;5-1-3-7-4-2-6/h3-14H2,1-2H3;5-6H,1-4H2. The van der Waals surface area contributed by atoms with Crippen LogP contribution in [0, 0.1) is 0 Å². The first-order valence-electron chi connectivity index (χ1n) is 9.20. The van der Waals surface area contributed by atoms with E-state index in [1.165, 1.54) is 64.2 Å². The van der Waals surface area contributed by atoms with Gasteiger partial charge < -0.3 is 19.7 Å². The molecule has 0 unspecified atom stereocenters. The Morgan fingerprint density at radius 1 is 0.500 bits per heavy atom. The Hall–Kier alpha value is -0.160. The summed E-state index contributed by atoms with van der Waals surface area (Å²) in [4.78, 5) is 0. The van der Waals surface area contributed by atoms with Crippen LogP contribution in [-0.4, -0.2) is 49.9 Å². The van der Waals surface area contributed by atoms with Gasteiger partial charge in [-0.05, 0) is 12.8 Å². The molecule has 0 saturated carbocycles. The van der Waals surface area contributed by atoms with Gasteiger partial charge in [0.15, 0.2) is 0 Å². The molecule has 0 bridgehead atoms. The van der Waals surface area contributed by atoms with Crippen LogP contribution in [0.15, 0.2) is 0 Å². The minimum atomic E-state index is 0.0278. The molecule has 0 fully saturated rings. The second-order valence-electron chi connectivity index (χ2n) is 5.50. The minimum absolute atomic E-state index is 0.0278. The van der Waals surface area contributed by atoms with Crippen molar-refractivity contribution in [3.63, 3.8) is 0 Å². The molecule has 4 nitrogen and oxygen atoms in total. The first-order chi connectivity index (χ1) is 10.8. The van der Waals surface area contributed by atoms with Gasteiger partial charge in [-0.2, -0.15) is 0 Å². The molecule has 0 spiro atoms. The number of rotatable bonds is 16. The van der Waals surface area contributed by atoms with Crippen LogP contribution >= 0.6 is 0 Å². The van der Waals surface area contributed by atoms with Gasteiger partial charge >= 0.3 is 0 Å². The van der Waals surface area contributed by atoms with Crippen molar-refractivity contribution in [3.8, 4) is 0 Å². The summed E-state index contributed by atoms with van der Waals surface area (Å²) < 4.78 is 10.2. The van der Waals surface area contributed by atoms with E-state index >= 15 is 0 Å². The van der Waals surface area contributed by atoms with Gasteiger partial charge in [0.05, 0.1) is 26.4 Å². The van der Waals surface area contributed by atoms with Gasteiger partial charge in [-0.1, -0.05) is 65.2 Å². The number of unbranched alkanes of at least 4 members (excludes halogenated alkanes) is 8. The molecule has 0 atom stereocenters. The predicted octanol–water partition coefficient (Wildman–Crippen LogP) is 3.93. The lowest BCUT2D eigenvalue weighted by Crippen LogP contribution is -2.03. The van der Waals surface area contributed by atoms with Crippen LogP contribution in [-0.2, 0) is 9.47 Å². The normalized spacial score (nSPS) is 10.4. The van der Waals surface area contributed by atoms with Crippen LogP contribution in [0.2, 0.25) is 0 Å². The van der Waals surface area contributed by atoms with Crippen molar-refractivity contribution in [2.24, 2.45) is 0 Å². The predicted molar refractivity (Wildman–Crippen MR) is 93.3 cm³/mol. The summed E-state index contributed by atoms with van der Waals surface area (Å²) >= 11 is 0. The third-order valence-corrected chi connectivity index (χ3v) is 3.26. The summed E-state index contributed by atoms with van der Waals surface area (Å²) in [5, 5.41) is 16.2. The minimum Gasteiger partial charge on any atom is -0.394 e. The molecule has 0 saturated heterocycles. The number of hydrogen-bond donors (Lipinski definition) is 2. The van der Waals surface area contributed by atoms with Gasteiger partial charge in [0.2, 0.25) is 0 Å². The summed E-state index contributed by atoms with van der Waals surface area (Å²) in [6, 6.07) is 0. The van der Waals surface area contributed by atoms with Gasteiger partial charge in [0.25, 0.3) is 0 Å². The second kappa shape index (κ2) is 25.8. The molecule has 136 valence electrons. The number of ether oxygens (including phenoxy) is 2. The van der Waals surface area contributed by atoms with Gasteiger partial charge in [-0.3, -0.25) is 0 Å². The molecule has 0 heterocycles. The fourth-order valence-corrected chi connectivity index (χ4v) is 1.95. The summed E-state index contributed by atoms with van der Waals surface area (Å²) in [6.45, 7) is 7.17. The van der Waals surface area contributed by atoms with E-state index in [1.807, 2.05) is 0 Å². The average Bonchev–Trinajstić information content (AvgIpc) is 2.54. The van der Waals surface area contributed by atoms with Gasteiger partial charge in [0.1, 0.15) is 0 Å². The fourth-order valence-electron chi connectivity index (χ4n) is 1.95. The molecule has 0 radical (unpaired) electrons. The third kappa shape index (κ3) is 28.1. The van der Waals surface area contributed by atoms with Crippen LogP contribution in [0.1, 0.15) is 78.1 Å². The Bertz CT molecular complexity index is 149. The zero-order valence-corrected chi connectivity index (χ0v) is 15.0. The zero-order valence-electron chi connectivity index (χ0n) is 15.0. The zero-order chi connectivity index (χ0) is 16.7. The first kappa shape index (κ1) is 24.1. The maximum absolute atomic E-state index is 8.09. The molecule has 4 heteroatoms. The molecular weight excluding hydrogens is 280 g/mol. The van der Waals surface area contributed by atoms with Crippen molar-refractivity contribution in [3.05, 3.63) is 0 Å². The van der Waals surface area contributed by atoms with Crippen LogP contribution in [0.3, 0.4) is 0 Å². The number of aliphatic hydroxyl groups is 2. The highest BCUT2D eigenvalue weighted by atomic mass is 16.5. The molecule has 2 N–H and O–H groups in total. The third-order valence-electron chi connectivity index (χ3n) is 3.26. The molecule has 0 aromatic heterocycles. The Labute approximate surface area is 138 Å². The topological polar surface area (TPSA) is 58.9 Å². The van der Waals surface area contributed by atoms with E-state index in [4.69, 9.17) is 14.9 Å². The van der Waals surface area contributed by atoms with Crippen molar-refractivity contribution in [1.29, 1.82) is 0 Å². The van der Waals surface area contributed by atoms with E-state index in [-0.39, 0.29) is 13.2 Å². The van der Waals surface area contributed by atoms with E-state index < -0.39 is 0 Å². The highest BCUT2D eigenvalue weighted by Gasteiger charge is 1.91. The Balaban J connectivity index is 0. The van der Waals surface area contributed by atoms with Crippen molar-refractivity contribution in [2.45, 2.75) is 78.1 Å². The Kier molecular flexibility index (Phi) is 28.2. The lowest BCUT2D eigenvalue weighted by Gasteiger charge is -2.03. The summed E-state index contributed by atoms with van der Waals surface area (Å²) in [6.07, 6.45) is 13.4. The van der Waals surface area contributed by atoms with E-state index in [0.29, 0.717) is 13.2 Å². The summed E-state index contributed by atoms with van der Waals surface area (Å²) in [7, 11) is 0. The quantitative estimate of drug-likeness (QED) is 0.423. The van der Waals surface area contributed by atoms with Crippen LogP contribution in [0.25, 0.3) is 0 Å². The number of hydrogen-bond acceptors (Lipinski definition) is 4. The van der Waals surface area contributed by atoms with Crippen molar-refractivity contribution < 1.29 is 19.7 Å².